The van der Waals surface area contributed by atoms with Crippen molar-refractivity contribution in [1.82, 2.24) is 10.6 Å². The summed E-state index contributed by atoms with van der Waals surface area (Å²) in [5.41, 5.74) is 7.14. The summed E-state index contributed by atoms with van der Waals surface area (Å²) in [5, 5.41) is 5.79. The highest BCUT2D eigenvalue weighted by Crippen LogP contribution is 2.41. The van der Waals surface area contributed by atoms with Crippen LogP contribution in [-0.2, 0) is 11.3 Å². The maximum atomic E-state index is 13.3. The van der Waals surface area contributed by atoms with E-state index in [9.17, 15) is 18.4 Å². The molecule has 26 heavy (non-hydrogen) atoms. The largest absolute Gasteiger partial charge is 0.368 e. The molecule has 1 aliphatic rings. The third-order valence-corrected chi connectivity index (χ3v) is 4.34. The zero-order valence-corrected chi connectivity index (χ0v) is 14.0. The third-order valence-electron chi connectivity index (χ3n) is 4.34. The van der Waals surface area contributed by atoms with Gasteiger partial charge in [0.05, 0.1) is 6.54 Å². The Morgan fingerprint density at radius 3 is 2.65 bits per heavy atom. The number of carbonyl (C=O) groups is 2. The topological polar surface area (TPSA) is 84.2 Å². The second-order valence-electron chi connectivity index (χ2n) is 6.35. The van der Waals surface area contributed by atoms with Gasteiger partial charge in [0.15, 0.2) is 11.6 Å². The van der Waals surface area contributed by atoms with Crippen molar-refractivity contribution >= 4 is 11.8 Å². The molecule has 2 amide bonds. The third kappa shape index (κ3) is 4.43. The first-order valence-electron chi connectivity index (χ1n) is 8.28. The maximum absolute atomic E-state index is 13.3. The maximum Gasteiger partial charge on any atom is 0.251 e. The molecule has 2 atom stereocenters. The number of hydrogen-bond donors (Lipinski definition) is 3. The lowest BCUT2D eigenvalue weighted by Gasteiger charge is -2.08. The number of hydrogen-bond acceptors (Lipinski definition) is 3. The number of halogens is 2. The minimum atomic E-state index is -0.842. The molecule has 1 aliphatic carbocycles. The molecule has 0 bridgehead atoms. The lowest BCUT2D eigenvalue weighted by Crippen LogP contribution is -2.33. The Balaban J connectivity index is 1.54. The van der Waals surface area contributed by atoms with Crippen molar-refractivity contribution in [3.8, 4) is 0 Å². The van der Waals surface area contributed by atoms with Crippen molar-refractivity contribution in [2.75, 3.05) is 6.54 Å². The average Bonchev–Trinajstić information content (AvgIpc) is 3.40. The summed E-state index contributed by atoms with van der Waals surface area (Å²) in [5.74, 6) is -2.48. The molecule has 0 aliphatic heterocycles. The number of carbonyl (C=O) groups excluding carboxylic acids is 2. The summed E-state index contributed by atoms with van der Waals surface area (Å²) < 4.78 is 26.3. The van der Waals surface area contributed by atoms with E-state index in [1.165, 1.54) is 6.07 Å². The van der Waals surface area contributed by atoms with Crippen molar-refractivity contribution in [1.29, 1.82) is 0 Å². The van der Waals surface area contributed by atoms with E-state index in [1.807, 2.05) is 6.07 Å². The predicted octanol–water partition coefficient (Wildman–Crippen LogP) is 1.83. The number of amides is 2. The van der Waals surface area contributed by atoms with Gasteiger partial charge in [0, 0.05) is 24.1 Å². The van der Waals surface area contributed by atoms with Gasteiger partial charge in [-0.25, -0.2) is 8.78 Å². The molecule has 0 unspecified atom stereocenters. The first-order chi connectivity index (χ1) is 12.4. The van der Waals surface area contributed by atoms with E-state index in [1.54, 1.807) is 24.3 Å². The monoisotopic (exact) mass is 359 g/mol. The van der Waals surface area contributed by atoms with Crippen LogP contribution in [0.4, 0.5) is 8.78 Å². The van der Waals surface area contributed by atoms with Crippen LogP contribution in [0.3, 0.4) is 0 Å². The SMILES string of the molecule is NC(=O)CNC(=O)c1cccc(CN[C@@H]2C[C@H]2c2ccc(F)c(F)c2)c1. The van der Waals surface area contributed by atoms with Gasteiger partial charge >= 0.3 is 0 Å². The molecule has 0 spiro atoms. The molecule has 7 heteroatoms. The summed E-state index contributed by atoms with van der Waals surface area (Å²) in [6.45, 7) is 0.334. The smallest absolute Gasteiger partial charge is 0.251 e. The molecular formula is C19H19F2N3O2. The lowest BCUT2D eigenvalue weighted by molar-refractivity contribution is -0.117. The summed E-state index contributed by atoms with van der Waals surface area (Å²) in [7, 11) is 0. The van der Waals surface area contributed by atoms with E-state index in [0.717, 1.165) is 23.6 Å². The average molecular weight is 359 g/mol. The van der Waals surface area contributed by atoms with E-state index in [-0.39, 0.29) is 24.4 Å². The molecule has 0 saturated heterocycles. The Morgan fingerprint density at radius 2 is 1.92 bits per heavy atom. The van der Waals surface area contributed by atoms with Crippen LogP contribution in [0.2, 0.25) is 0 Å². The number of benzene rings is 2. The fraction of sp³-hybridized carbons (Fsp3) is 0.263. The Labute approximate surface area is 149 Å². The molecule has 2 aromatic carbocycles. The van der Waals surface area contributed by atoms with E-state index in [4.69, 9.17) is 5.73 Å². The Bertz CT molecular complexity index is 841. The van der Waals surface area contributed by atoms with Crippen molar-refractivity contribution in [3.05, 3.63) is 70.8 Å². The Hall–Kier alpha value is -2.80. The van der Waals surface area contributed by atoms with Crippen molar-refractivity contribution < 1.29 is 18.4 Å². The van der Waals surface area contributed by atoms with Crippen molar-refractivity contribution in [3.63, 3.8) is 0 Å². The molecule has 2 aromatic rings. The highest BCUT2D eigenvalue weighted by molar-refractivity contribution is 5.96. The molecule has 0 aromatic heterocycles. The van der Waals surface area contributed by atoms with Gasteiger partial charge in [-0.1, -0.05) is 18.2 Å². The van der Waals surface area contributed by atoms with Crippen LogP contribution in [0.1, 0.15) is 33.8 Å². The van der Waals surface area contributed by atoms with Crippen molar-refractivity contribution in [2.24, 2.45) is 5.73 Å². The van der Waals surface area contributed by atoms with E-state index >= 15 is 0 Å². The Kier molecular flexibility index (Phi) is 5.27. The second kappa shape index (κ2) is 7.61. The molecule has 5 nitrogen and oxygen atoms in total. The summed E-state index contributed by atoms with van der Waals surface area (Å²) in [4.78, 5) is 22.7. The van der Waals surface area contributed by atoms with Gasteiger partial charge in [-0.2, -0.15) is 0 Å². The number of nitrogens with two attached hydrogens (primary N) is 1. The van der Waals surface area contributed by atoms with Gasteiger partial charge in [0.1, 0.15) is 0 Å². The van der Waals surface area contributed by atoms with Gasteiger partial charge in [0.2, 0.25) is 5.91 Å². The first-order valence-corrected chi connectivity index (χ1v) is 8.28. The van der Waals surface area contributed by atoms with Gasteiger partial charge in [0.25, 0.3) is 5.91 Å². The zero-order chi connectivity index (χ0) is 18.7. The van der Waals surface area contributed by atoms with Crippen LogP contribution in [0.5, 0.6) is 0 Å². The van der Waals surface area contributed by atoms with E-state index < -0.39 is 17.5 Å². The molecule has 1 saturated carbocycles. The normalized spacial score (nSPS) is 18.4. The van der Waals surface area contributed by atoms with Crippen LogP contribution in [0.25, 0.3) is 0 Å². The zero-order valence-electron chi connectivity index (χ0n) is 14.0. The number of rotatable bonds is 7. The minimum absolute atomic E-state index is 0.159. The first kappa shape index (κ1) is 18.0. The summed E-state index contributed by atoms with van der Waals surface area (Å²) in [6, 6.07) is 11.2. The van der Waals surface area contributed by atoms with Crippen LogP contribution in [0, 0.1) is 11.6 Å². The molecular weight excluding hydrogens is 340 g/mol. The summed E-state index contributed by atoms with van der Waals surface area (Å²) >= 11 is 0. The standard InChI is InChI=1S/C19H19F2N3O2/c20-15-5-4-12(7-16(15)21)14-8-17(14)23-9-11-2-1-3-13(6-11)19(26)24-10-18(22)25/h1-7,14,17,23H,8-10H2,(H2,22,25)(H,24,26)/t14-,17+/m0/s1. The van der Waals surface area contributed by atoms with Crippen molar-refractivity contribution in [2.45, 2.75) is 24.9 Å². The molecule has 0 heterocycles. The van der Waals surface area contributed by atoms with Crippen LogP contribution >= 0.6 is 0 Å². The van der Waals surface area contributed by atoms with E-state index in [2.05, 4.69) is 10.6 Å². The second-order valence-corrected chi connectivity index (χ2v) is 6.35. The molecule has 136 valence electrons. The predicted molar refractivity (Wildman–Crippen MR) is 92.3 cm³/mol. The number of nitrogens with one attached hydrogen (secondary N) is 2. The van der Waals surface area contributed by atoms with Gasteiger partial charge < -0.3 is 16.4 Å². The van der Waals surface area contributed by atoms with Gasteiger partial charge in [-0.3, -0.25) is 9.59 Å². The highest BCUT2D eigenvalue weighted by atomic mass is 19.2. The molecule has 0 radical (unpaired) electrons. The van der Waals surface area contributed by atoms with Crippen LogP contribution in [0.15, 0.2) is 42.5 Å². The van der Waals surface area contributed by atoms with E-state index in [0.29, 0.717) is 12.1 Å². The van der Waals surface area contributed by atoms with Crippen LogP contribution in [-0.4, -0.2) is 24.4 Å². The molecule has 1 fully saturated rings. The van der Waals surface area contributed by atoms with Crippen LogP contribution < -0.4 is 16.4 Å². The minimum Gasteiger partial charge on any atom is -0.368 e. The summed E-state index contributed by atoms with van der Waals surface area (Å²) in [6.07, 6.45) is 0.851. The number of primary amides is 1. The fourth-order valence-corrected chi connectivity index (χ4v) is 2.87. The quantitative estimate of drug-likeness (QED) is 0.705. The molecule has 4 N–H and O–H groups in total. The Morgan fingerprint density at radius 1 is 1.12 bits per heavy atom. The highest BCUT2D eigenvalue weighted by Gasteiger charge is 2.38. The molecule has 3 rings (SSSR count). The van der Waals surface area contributed by atoms with Gasteiger partial charge in [-0.15, -0.1) is 0 Å². The fourth-order valence-electron chi connectivity index (χ4n) is 2.87. The van der Waals surface area contributed by atoms with Gasteiger partial charge in [-0.05, 0) is 41.8 Å². The lowest BCUT2D eigenvalue weighted by atomic mass is 10.1.